The number of esters is 4. The van der Waals surface area contributed by atoms with E-state index in [-0.39, 0.29) is 56.2 Å². The molecule has 0 saturated heterocycles. The van der Waals surface area contributed by atoms with Gasteiger partial charge in [-0.05, 0) is 45.1 Å². The maximum absolute atomic E-state index is 13.0. The highest BCUT2D eigenvalue weighted by atomic mass is 33.1. The Balaban J connectivity index is 5.53. The van der Waals surface area contributed by atoms with Crippen molar-refractivity contribution in [2.75, 3.05) is 138 Å². The minimum atomic E-state index is -0.232. The van der Waals surface area contributed by atoms with E-state index in [1.165, 1.54) is 154 Å². The minimum Gasteiger partial charge on any atom is -0.465 e. The number of aliphatic hydroxyl groups is 1. The number of rotatable bonds is 66. The van der Waals surface area contributed by atoms with Crippen molar-refractivity contribution in [3.05, 3.63) is 0 Å². The summed E-state index contributed by atoms with van der Waals surface area (Å²) >= 11 is 0. The Morgan fingerprint density at radius 3 is 0.750 bits per heavy atom. The lowest BCUT2D eigenvalue weighted by Crippen LogP contribution is -2.42. The van der Waals surface area contributed by atoms with Crippen LogP contribution in [0.3, 0.4) is 0 Å². The Kier molecular flexibility index (Phi) is 67.5. The summed E-state index contributed by atoms with van der Waals surface area (Å²) in [6.45, 7) is 15.8. The van der Waals surface area contributed by atoms with Gasteiger partial charge in [-0.3, -0.25) is 19.2 Å². The second-order valence-electron chi connectivity index (χ2n) is 20.5. The van der Waals surface area contributed by atoms with Crippen LogP contribution >= 0.6 is 86.4 Å². The molecule has 80 heavy (non-hydrogen) atoms. The minimum absolute atomic E-state index is 0.111. The zero-order valence-corrected chi connectivity index (χ0v) is 57.6. The zero-order valence-electron chi connectivity index (χ0n) is 51.1. The molecule has 0 spiro atoms. The van der Waals surface area contributed by atoms with Crippen molar-refractivity contribution in [3.63, 3.8) is 0 Å². The summed E-state index contributed by atoms with van der Waals surface area (Å²) in [5.41, 5.74) is 0. The van der Waals surface area contributed by atoms with Gasteiger partial charge in [-0.15, -0.1) is 0 Å². The van der Waals surface area contributed by atoms with Crippen LogP contribution in [0, 0.1) is 0 Å². The predicted molar refractivity (Wildman–Crippen MR) is 361 cm³/mol. The third-order valence-electron chi connectivity index (χ3n) is 13.3. The highest BCUT2D eigenvalue weighted by molar-refractivity contribution is 8.77. The van der Waals surface area contributed by atoms with Gasteiger partial charge < -0.3 is 38.8 Å². The van der Waals surface area contributed by atoms with Gasteiger partial charge in [0.1, 0.15) is 26.4 Å². The van der Waals surface area contributed by atoms with Gasteiger partial charge in [-0.2, -0.15) is 0 Å². The van der Waals surface area contributed by atoms with Gasteiger partial charge in [-0.1, -0.05) is 242 Å². The van der Waals surface area contributed by atoms with Crippen LogP contribution in [0.15, 0.2) is 0 Å². The predicted octanol–water partition coefficient (Wildman–Crippen LogP) is 16.4. The first-order valence-corrected chi connectivity index (χ1v) is 41.6. The van der Waals surface area contributed by atoms with Crippen LogP contribution in [0.4, 0.5) is 0 Å². The fourth-order valence-electron chi connectivity index (χ4n) is 8.30. The Labute approximate surface area is 522 Å². The summed E-state index contributed by atoms with van der Waals surface area (Å²) in [6.07, 6.45) is 33.3. The van der Waals surface area contributed by atoms with E-state index in [1.807, 2.05) is 43.2 Å². The van der Waals surface area contributed by atoms with E-state index in [4.69, 9.17) is 18.9 Å². The molecule has 0 saturated carbocycles. The lowest BCUT2D eigenvalue weighted by atomic mass is 10.1. The van der Waals surface area contributed by atoms with Crippen LogP contribution in [-0.4, -0.2) is 182 Å². The van der Waals surface area contributed by atoms with Crippen LogP contribution in [0.2, 0.25) is 0 Å². The smallest absolute Gasteiger partial charge is 0.307 e. The first-order valence-electron chi connectivity index (χ1n) is 31.7. The summed E-state index contributed by atoms with van der Waals surface area (Å²) in [4.78, 5) is 58.8. The highest BCUT2D eigenvalue weighted by Crippen LogP contribution is 2.26. The van der Waals surface area contributed by atoms with E-state index >= 15 is 0 Å². The topological polar surface area (TPSA) is 135 Å². The van der Waals surface area contributed by atoms with E-state index in [2.05, 4.69) is 42.4 Å². The number of nitrogens with zero attached hydrogens (tertiary/aromatic N) is 3. The molecule has 0 bridgehead atoms. The van der Waals surface area contributed by atoms with Gasteiger partial charge in [-0.25, -0.2) is 0 Å². The van der Waals surface area contributed by atoms with Gasteiger partial charge in [0.15, 0.2) is 0 Å². The number of carbonyl (C=O) groups is 4. The third kappa shape index (κ3) is 61.6. The number of ether oxygens (including phenoxy) is 4. The van der Waals surface area contributed by atoms with Crippen LogP contribution in [-0.2, 0) is 38.1 Å². The van der Waals surface area contributed by atoms with Gasteiger partial charge >= 0.3 is 23.9 Å². The normalized spacial score (nSPS) is 11.6. The fraction of sp³-hybridized carbons (Fsp3) is 0.933. The molecule has 474 valence electrons. The molecule has 0 atom stereocenters. The fourth-order valence-corrected chi connectivity index (χ4v) is 16.2. The number of carbonyl (C=O) groups excluding carboxylic acids is 4. The number of aliphatic hydroxyl groups excluding tert-OH is 1. The number of hydrogen-bond donors (Lipinski definition) is 1. The van der Waals surface area contributed by atoms with Crippen molar-refractivity contribution in [1.82, 2.24) is 14.7 Å². The SMILES string of the molecule is CCCCCCCCSSCCOC(=O)CCN(CCC(=O)OCCSSCCCCCCCC)CCN(CCCCO)CCN(CCC(=O)OCCSSCCCCCCCC)CCC(=O)OCCSSCCCCCCCC. The van der Waals surface area contributed by atoms with Gasteiger partial charge in [0.05, 0.1) is 25.7 Å². The highest BCUT2D eigenvalue weighted by Gasteiger charge is 2.18. The lowest BCUT2D eigenvalue weighted by molar-refractivity contribution is -0.145. The molecule has 0 aliphatic rings. The van der Waals surface area contributed by atoms with Crippen LogP contribution < -0.4 is 0 Å². The summed E-state index contributed by atoms with van der Waals surface area (Å²) in [5, 5.41) is 9.72. The average Bonchev–Trinajstić information content (AvgIpc) is 3.45. The van der Waals surface area contributed by atoms with Crippen molar-refractivity contribution in [2.24, 2.45) is 0 Å². The molecular formula is C60H117N3O9S8. The molecule has 12 nitrogen and oxygen atoms in total. The third-order valence-corrected chi connectivity index (χ3v) is 23.1. The molecule has 0 aromatic rings. The Bertz CT molecular complexity index is 1180. The molecule has 0 fully saturated rings. The molecule has 20 heteroatoms. The van der Waals surface area contributed by atoms with Crippen molar-refractivity contribution in [3.8, 4) is 0 Å². The lowest BCUT2D eigenvalue weighted by Gasteiger charge is -2.30. The summed E-state index contributed by atoms with van der Waals surface area (Å²) in [7, 11) is 14.5. The molecule has 0 aliphatic carbocycles. The maximum Gasteiger partial charge on any atom is 0.307 e. The van der Waals surface area contributed by atoms with E-state index in [9.17, 15) is 24.3 Å². The molecule has 0 radical (unpaired) electrons. The molecule has 0 aromatic heterocycles. The first-order chi connectivity index (χ1) is 39.3. The molecule has 0 aliphatic heterocycles. The Morgan fingerprint density at radius 2 is 0.500 bits per heavy atom. The van der Waals surface area contributed by atoms with Gasteiger partial charge in [0.25, 0.3) is 0 Å². The number of hydrogen-bond acceptors (Lipinski definition) is 20. The molecule has 0 heterocycles. The van der Waals surface area contributed by atoms with Gasteiger partial charge in [0.2, 0.25) is 0 Å². The van der Waals surface area contributed by atoms with E-state index in [1.54, 1.807) is 43.2 Å². The summed E-state index contributed by atoms with van der Waals surface area (Å²) < 4.78 is 22.6. The monoisotopic (exact) mass is 1280 g/mol. The van der Waals surface area contributed by atoms with Gasteiger partial charge in [0, 0.05) is 105 Å². The molecule has 0 aromatic carbocycles. The number of unbranched alkanes of at least 4 members (excludes halogenated alkanes) is 21. The Morgan fingerprint density at radius 1 is 0.275 bits per heavy atom. The second kappa shape index (κ2) is 67.0. The van der Waals surface area contributed by atoms with Crippen LogP contribution in [0.25, 0.3) is 0 Å². The van der Waals surface area contributed by atoms with Crippen molar-refractivity contribution < 1.29 is 43.2 Å². The van der Waals surface area contributed by atoms with E-state index < -0.39 is 0 Å². The zero-order chi connectivity index (χ0) is 58.3. The second-order valence-corrected chi connectivity index (χ2v) is 31.3. The van der Waals surface area contributed by atoms with Crippen LogP contribution in [0.1, 0.15) is 220 Å². The standard InChI is InChI=1S/C60H117N3O9S8/c1-5-9-13-17-21-27-49-73-77-53-45-69-57(65)31-36-62(37-32-58(66)70-46-54-78-74-50-28-22-18-14-10-6-2)42-40-61(35-25-26-44-64)41-43-63(38-33-59(67)71-47-55-79-75-51-29-23-19-15-11-7-3)39-34-60(68)72-48-56-80-76-52-30-24-20-16-12-8-4/h64H,5-56H2,1-4H3. The van der Waals surface area contributed by atoms with Crippen LogP contribution in [0.5, 0.6) is 0 Å². The average molecular weight is 1280 g/mol. The first kappa shape index (κ1) is 80.5. The van der Waals surface area contributed by atoms with Crippen molar-refractivity contribution >= 4 is 110 Å². The Hall–Kier alpha value is 0.520. The quantitative estimate of drug-likeness (QED) is 0.0267. The molecule has 0 unspecified atom stereocenters. The van der Waals surface area contributed by atoms with E-state index in [0.29, 0.717) is 85.2 Å². The largest absolute Gasteiger partial charge is 0.465 e. The van der Waals surface area contributed by atoms with E-state index in [0.717, 1.165) is 59.0 Å². The summed E-state index contributed by atoms with van der Waals surface area (Å²) in [5.74, 6) is 6.59. The molecular weight excluding hydrogens is 1160 g/mol. The molecule has 1 N–H and O–H groups in total. The summed E-state index contributed by atoms with van der Waals surface area (Å²) in [6, 6.07) is 0. The van der Waals surface area contributed by atoms with Crippen molar-refractivity contribution in [2.45, 2.75) is 220 Å². The maximum atomic E-state index is 13.0. The molecule has 0 amide bonds. The van der Waals surface area contributed by atoms with Crippen molar-refractivity contribution in [1.29, 1.82) is 0 Å². The molecule has 0 rings (SSSR count).